The molecular formula is C20H20N2O5. The van der Waals surface area contributed by atoms with Crippen molar-refractivity contribution >= 4 is 23.5 Å². The molecule has 1 fully saturated rings. The number of amides is 2. The lowest BCUT2D eigenvalue weighted by Gasteiger charge is -2.40. The zero-order chi connectivity index (χ0) is 19.6. The fourth-order valence-corrected chi connectivity index (χ4v) is 3.53. The van der Waals surface area contributed by atoms with Crippen LogP contribution in [0.3, 0.4) is 0 Å². The molecule has 2 aromatic carbocycles. The standard InChI is InChI=1S/C20H20N2O5/c1-27-20(26)17-14(12-7-3-2-4-8-12)11-16(23)22(19(17)25)15-10-6-5-9-13(15)18(21)24/h2-10,14,16-17,23H,11H2,1H3,(H2,21,24)/t14-,16?,17-/m1/s1. The number of aliphatic hydroxyl groups is 1. The highest BCUT2D eigenvalue weighted by atomic mass is 16.5. The van der Waals surface area contributed by atoms with Gasteiger partial charge < -0.3 is 15.6 Å². The van der Waals surface area contributed by atoms with Crippen molar-refractivity contribution in [1.82, 2.24) is 0 Å². The number of para-hydroxylation sites is 1. The topological polar surface area (TPSA) is 110 Å². The smallest absolute Gasteiger partial charge is 0.318 e. The third kappa shape index (κ3) is 3.41. The summed E-state index contributed by atoms with van der Waals surface area (Å²) in [6, 6.07) is 15.2. The summed E-state index contributed by atoms with van der Waals surface area (Å²) in [5.74, 6) is -3.74. The molecule has 1 unspecified atom stereocenters. The van der Waals surface area contributed by atoms with E-state index in [1.807, 2.05) is 6.07 Å². The highest BCUT2D eigenvalue weighted by Crippen LogP contribution is 2.39. The summed E-state index contributed by atoms with van der Waals surface area (Å²) in [6.07, 6.45) is -1.10. The number of carbonyl (C=O) groups is 3. The average molecular weight is 368 g/mol. The predicted octanol–water partition coefficient (Wildman–Crippen LogP) is 1.41. The van der Waals surface area contributed by atoms with Gasteiger partial charge in [-0.25, -0.2) is 0 Å². The number of aliphatic hydroxyl groups excluding tert-OH is 1. The second kappa shape index (κ2) is 7.59. The molecule has 1 saturated heterocycles. The van der Waals surface area contributed by atoms with Crippen molar-refractivity contribution in [2.24, 2.45) is 11.7 Å². The first-order valence-corrected chi connectivity index (χ1v) is 8.48. The van der Waals surface area contributed by atoms with Crippen LogP contribution in [0.4, 0.5) is 5.69 Å². The summed E-state index contributed by atoms with van der Waals surface area (Å²) in [7, 11) is 1.21. The molecule has 0 spiro atoms. The van der Waals surface area contributed by atoms with Gasteiger partial charge in [0, 0.05) is 12.3 Å². The van der Waals surface area contributed by atoms with Gasteiger partial charge in [0.2, 0.25) is 5.91 Å². The molecule has 2 amide bonds. The molecule has 1 heterocycles. The van der Waals surface area contributed by atoms with Gasteiger partial charge in [-0.05, 0) is 17.7 Å². The Morgan fingerprint density at radius 1 is 1.11 bits per heavy atom. The van der Waals surface area contributed by atoms with E-state index in [2.05, 4.69) is 0 Å². The van der Waals surface area contributed by atoms with Crippen molar-refractivity contribution in [2.75, 3.05) is 12.0 Å². The number of primary amides is 1. The molecule has 1 aliphatic rings. The largest absolute Gasteiger partial charge is 0.468 e. The first-order chi connectivity index (χ1) is 13.0. The Morgan fingerprint density at radius 2 is 1.74 bits per heavy atom. The van der Waals surface area contributed by atoms with Crippen LogP contribution in [0.5, 0.6) is 0 Å². The zero-order valence-corrected chi connectivity index (χ0v) is 14.7. The number of methoxy groups -OCH3 is 1. The summed E-state index contributed by atoms with van der Waals surface area (Å²) in [5.41, 5.74) is 6.41. The molecule has 0 aliphatic carbocycles. The number of esters is 1. The van der Waals surface area contributed by atoms with Crippen LogP contribution in [0.25, 0.3) is 0 Å². The van der Waals surface area contributed by atoms with E-state index in [0.717, 1.165) is 10.5 Å². The van der Waals surface area contributed by atoms with E-state index in [1.54, 1.807) is 36.4 Å². The molecule has 3 rings (SSSR count). The normalized spacial score (nSPS) is 22.4. The highest BCUT2D eigenvalue weighted by Gasteiger charge is 2.47. The molecule has 0 saturated carbocycles. The molecule has 7 nitrogen and oxygen atoms in total. The second-order valence-corrected chi connectivity index (χ2v) is 6.32. The van der Waals surface area contributed by atoms with Crippen molar-refractivity contribution in [3.63, 3.8) is 0 Å². The van der Waals surface area contributed by atoms with E-state index in [-0.39, 0.29) is 17.7 Å². The first-order valence-electron chi connectivity index (χ1n) is 8.48. The van der Waals surface area contributed by atoms with Gasteiger partial charge in [0.05, 0.1) is 18.4 Å². The average Bonchev–Trinajstić information content (AvgIpc) is 2.68. The predicted molar refractivity (Wildman–Crippen MR) is 97.8 cm³/mol. The Morgan fingerprint density at radius 3 is 2.37 bits per heavy atom. The lowest BCUT2D eigenvalue weighted by Crippen LogP contribution is -2.54. The molecular weight excluding hydrogens is 348 g/mol. The molecule has 7 heteroatoms. The number of hydrogen-bond donors (Lipinski definition) is 2. The van der Waals surface area contributed by atoms with Gasteiger partial charge in [0.25, 0.3) is 5.91 Å². The molecule has 1 aliphatic heterocycles. The summed E-state index contributed by atoms with van der Waals surface area (Å²) < 4.78 is 4.85. The van der Waals surface area contributed by atoms with Crippen LogP contribution in [0, 0.1) is 5.92 Å². The van der Waals surface area contributed by atoms with Gasteiger partial charge >= 0.3 is 5.97 Å². The van der Waals surface area contributed by atoms with Crippen LogP contribution in [0.1, 0.15) is 28.3 Å². The van der Waals surface area contributed by atoms with Gasteiger partial charge in [-0.15, -0.1) is 0 Å². The Labute approximate surface area is 156 Å². The molecule has 3 N–H and O–H groups in total. The Kier molecular flexibility index (Phi) is 5.23. The van der Waals surface area contributed by atoms with Crippen LogP contribution < -0.4 is 10.6 Å². The number of carbonyl (C=O) groups excluding carboxylic acids is 3. The van der Waals surface area contributed by atoms with Crippen molar-refractivity contribution in [1.29, 1.82) is 0 Å². The summed E-state index contributed by atoms with van der Waals surface area (Å²) in [5, 5.41) is 10.7. The second-order valence-electron chi connectivity index (χ2n) is 6.32. The number of piperidine rings is 1. The van der Waals surface area contributed by atoms with Crippen molar-refractivity contribution < 1.29 is 24.2 Å². The van der Waals surface area contributed by atoms with Gasteiger partial charge in [0.1, 0.15) is 12.1 Å². The van der Waals surface area contributed by atoms with E-state index < -0.39 is 35.8 Å². The summed E-state index contributed by atoms with van der Waals surface area (Å²) >= 11 is 0. The van der Waals surface area contributed by atoms with Crippen LogP contribution in [0.2, 0.25) is 0 Å². The molecule has 3 atom stereocenters. The van der Waals surface area contributed by atoms with Crippen LogP contribution in [0.15, 0.2) is 54.6 Å². The maximum atomic E-state index is 13.2. The summed E-state index contributed by atoms with van der Waals surface area (Å²) in [6.45, 7) is 0. The number of nitrogens with zero attached hydrogens (tertiary/aromatic N) is 1. The quantitative estimate of drug-likeness (QED) is 0.626. The lowest BCUT2D eigenvalue weighted by molar-refractivity contribution is -0.152. The number of benzene rings is 2. The number of anilines is 1. The van der Waals surface area contributed by atoms with Gasteiger partial charge in [0.15, 0.2) is 0 Å². The maximum absolute atomic E-state index is 13.2. The third-order valence-electron chi connectivity index (χ3n) is 4.78. The SMILES string of the molecule is COC(=O)[C@H]1C(=O)N(c2ccccc2C(N)=O)C(O)C[C@@H]1c1ccccc1. The Balaban J connectivity index is 2.07. The van der Waals surface area contributed by atoms with Crippen molar-refractivity contribution in [2.45, 2.75) is 18.6 Å². The summed E-state index contributed by atoms with van der Waals surface area (Å²) in [4.78, 5) is 38.4. The number of ether oxygens (including phenoxy) is 1. The molecule has 2 aromatic rings. The number of nitrogens with two attached hydrogens (primary N) is 1. The number of rotatable bonds is 4. The molecule has 140 valence electrons. The van der Waals surface area contributed by atoms with Crippen LogP contribution in [-0.4, -0.2) is 36.2 Å². The minimum Gasteiger partial charge on any atom is -0.468 e. The van der Waals surface area contributed by atoms with Crippen molar-refractivity contribution in [3.05, 3.63) is 65.7 Å². The van der Waals surface area contributed by atoms with E-state index in [4.69, 9.17) is 10.5 Å². The van der Waals surface area contributed by atoms with E-state index in [1.165, 1.54) is 19.2 Å². The molecule has 0 aromatic heterocycles. The molecule has 27 heavy (non-hydrogen) atoms. The number of hydrogen-bond acceptors (Lipinski definition) is 5. The van der Waals surface area contributed by atoms with E-state index >= 15 is 0 Å². The third-order valence-corrected chi connectivity index (χ3v) is 4.78. The minimum atomic E-state index is -1.22. The van der Waals surface area contributed by atoms with E-state index in [9.17, 15) is 19.5 Å². The van der Waals surface area contributed by atoms with Crippen LogP contribution in [-0.2, 0) is 14.3 Å². The Bertz CT molecular complexity index is 868. The van der Waals surface area contributed by atoms with Crippen LogP contribution >= 0.6 is 0 Å². The minimum absolute atomic E-state index is 0.0895. The first kappa shape index (κ1) is 18.6. The lowest BCUT2D eigenvalue weighted by atomic mass is 9.78. The monoisotopic (exact) mass is 368 g/mol. The maximum Gasteiger partial charge on any atom is 0.318 e. The zero-order valence-electron chi connectivity index (χ0n) is 14.7. The molecule has 0 bridgehead atoms. The Hall–Kier alpha value is -3.19. The highest BCUT2D eigenvalue weighted by molar-refractivity contribution is 6.11. The van der Waals surface area contributed by atoms with Crippen molar-refractivity contribution in [3.8, 4) is 0 Å². The molecule has 0 radical (unpaired) electrons. The fraction of sp³-hybridized carbons (Fsp3) is 0.250. The van der Waals surface area contributed by atoms with Gasteiger partial charge in [-0.1, -0.05) is 42.5 Å². The van der Waals surface area contributed by atoms with Gasteiger partial charge in [-0.2, -0.15) is 0 Å². The van der Waals surface area contributed by atoms with Gasteiger partial charge in [-0.3, -0.25) is 19.3 Å². The van der Waals surface area contributed by atoms with E-state index in [0.29, 0.717) is 0 Å². The fourth-order valence-electron chi connectivity index (χ4n) is 3.53.